The number of benzene rings is 2. The summed E-state index contributed by atoms with van der Waals surface area (Å²) in [5, 5.41) is 11.5. The lowest BCUT2D eigenvalue weighted by molar-refractivity contribution is -0.151. The van der Waals surface area contributed by atoms with Crippen LogP contribution in [0.25, 0.3) is 0 Å². The summed E-state index contributed by atoms with van der Waals surface area (Å²) in [6.07, 6.45) is 2.64. The van der Waals surface area contributed by atoms with Gasteiger partial charge in [-0.05, 0) is 43.2 Å². The maximum Gasteiger partial charge on any atom is 0.268 e. The molecule has 1 amide bonds. The third kappa shape index (κ3) is 2.45. The molecule has 1 N–H and O–H groups in total. The fourth-order valence-corrected chi connectivity index (χ4v) is 4.36. The van der Waals surface area contributed by atoms with E-state index in [-0.39, 0.29) is 5.78 Å². The number of rotatable bonds is 2. The minimum absolute atomic E-state index is 0.0251. The molecule has 0 saturated heterocycles. The third-order valence-corrected chi connectivity index (χ3v) is 5.71. The Hall–Kier alpha value is -1.98. The van der Waals surface area contributed by atoms with Crippen molar-refractivity contribution >= 4 is 39.0 Å². The molecule has 0 bridgehead atoms. The number of fused-ring (bicyclic) bond motifs is 1. The van der Waals surface area contributed by atoms with Crippen LogP contribution in [0, 0.1) is 5.92 Å². The predicted octanol–water partition coefficient (Wildman–Crippen LogP) is 4.07. The summed E-state index contributed by atoms with van der Waals surface area (Å²) in [6.45, 7) is 0. The highest BCUT2D eigenvalue weighted by Crippen LogP contribution is 2.50. The molecule has 1 heterocycles. The first-order valence-corrected chi connectivity index (χ1v) is 9.27. The minimum Gasteiger partial charge on any atom is -0.375 e. The first kappa shape index (κ1) is 16.5. The van der Waals surface area contributed by atoms with Gasteiger partial charge in [0.15, 0.2) is 5.60 Å². The fourth-order valence-electron chi connectivity index (χ4n) is 4.00. The predicted molar refractivity (Wildman–Crippen MR) is 98.6 cm³/mol. The van der Waals surface area contributed by atoms with Crippen LogP contribution in [0.2, 0.25) is 0 Å². The second-order valence-electron chi connectivity index (χ2n) is 6.67. The van der Waals surface area contributed by atoms with E-state index in [2.05, 4.69) is 15.9 Å². The van der Waals surface area contributed by atoms with E-state index in [9.17, 15) is 14.7 Å². The number of para-hydroxylation sites is 1. The highest BCUT2D eigenvalue weighted by atomic mass is 79.9. The summed E-state index contributed by atoms with van der Waals surface area (Å²) in [5.41, 5.74) is 0.0402. The zero-order valence-corrected chi connectivity index (χ0v) is 15.2. The number of hydrogen-bond acceptors (Lipinski definition) is 3. The summed E-state index contributed by atoms with van der Waals surface area (Å²) in [7, 11) is 0. The molecule has 1 aliphatic carbocycles. The van der Waals surface area contributed by atoms with Gasteiger partial charge < -0.3 is 5.11 Å². The highest BCUT2D eigenvalue weighted by molar-refractivity contribution is 9.10. The molecule has 0 radical (unpaired) electrons. The summed E-state index contributed by atoms with van der Waals surface area (Å²) in [5.74, 6) is -1.15. The Morgan fingerprint density at radius 1 is 1.08 bits per heavy atom. The van der Waals surface area contributed by atoms with Crippen LogP contribution in [-0.4, -0.2) is 16.8 Å². The second-order valence-corrected chi connectivity index (χ2v) is 7.58. The van der Waals surface area contributed by atoms with Crippen molar-refractivity contribution in [2.24, 2.45) is 5.92 Å². The number of Topliss-reactive ketones (excluding diaryl/α,β-unsaturated/α-hetero) is 1. The molecule has 2 aromatic carbocycles. The van der Waals surface area contributed by atoms with Gasteiger partial charge in [-0.3, -0.25) is 14.5 Å². The summed E-state index contributed by atoms with van der Waals surface area (Å²) in [4.78, 5) is 27.4. The number of hydrogen-bond donors (Lipinski definition) is 1. The molecule has 4 rings (SSSR count). The molecule has 2 atom stereocenters. The number of carbonyl (C=O) groups is 2. The second kappa shape index (κ2) is 6.07. The average molecular weight is 400 g/mol. The van der Waals surface area contributed by atoms with Crippen molar-refractivity contribution in [3.63, 3.8) is 0 Å². The van der Waals surface area contributed by atoms with Gasteiger partial charge in [0.2, 0.25) is 0 Å². The van der Waals surface area contributed by atoms with E-state index in [0.29, 0.717) is 29.8 Å². The van der Waals surface area contributed by atoms with Crippen LogP contribution in [0.1, 0.15) is 31.2 Å². The molecule has 5 heteroatoms. The average Bonchev–Trinajstić information content (AvgIpc) is 2.84. The van der Waals surface area contributed by atoms with E-state index in [1.807, 2.05) is 42.5 Å². The standard InChI is InChI=1S/C20H18BrNO3/c21-13-10-11-17-16(12-13)20(25,15-8-4-5-9-18(15)23)19(24)22(17)14-6-2-1-3-7-14/h1-3,6-7,10-12,15,25H,4-5,8-9H2/t15-,20-/m1/s1. The maximum atomic E-state index is 13.3. The number of ketones is 1. The lowest BCUT2D eigenvalue weighted by Gasteiger charge is -2.33. The molecule has 1 fully saturated rings. The zero-order chi connectivity index (χ0) is 17.6. The molecule has 0 aromatic heterocycles. The first-order chi connectivity index (χ1) is 12.0. The largest absolute Gasteiger partial charge is 0.375 e. The van der Waals surface area contributed by atoms with Crippen LogP contribution in [-0.2, 0) is 15.2 Å². The van der Waals surface area contributed by atoms with Crippen molar-refractivity contribution < 1.29 is 14.7 Å². The lowest BCUT2D eigenvalue weighted by atomic mass is 9.73. The van der Waals surface area contributed by atoms with Gasteiger partial charge in [0.1, 0.15) is 5.78 Å². The number of nitrogens with zero attached hydrogens (tertiary/aromatic N) is 1. The molecule has 1 aliphatic heterocycles. The van der Waals surface area contributed by atoms with Crippen molar-refractivity contribution in [3.05, 3.63) is 58.6 Å². The maximum absolute atomic E-state index is 13.3. The van der Waals surface area contributed by atoms with E-state index in [4.69, 9.17) is 0 Å². The van der Waals surface area contributed by atoms with Crippen LogP contribution >= 0.6 is 15.9 Å². The molecule has 4 nitrogen and oxygen atoms in total. The molecule has 25 heavy (non-hydrogen) atoms. The number of amides is 1. The normalized spacial score (nSPS) is 26.0. The Labute approximate surface area is 154 Å². The topological polar surface area (TPSA) is 57.6 Å². The Kier molecular flexibility index (Phi) is 4.01. The van der Waals surface area contributed by atoms with Crippen molar-refractivity contribution in [1.29, 1.82) is 0 Å². The van der Waals surface area contributed by atoms with Crippen molar-refractivity contribution in [1.82, 2.24) is 0 Å². The first-order valence-electron chi connectivity index (χ1n) is 8.48. The highest BCUT2D eigenvalue weighted by Gasteiger charge is 2.57. The Morgan fingerprint density at radius 2 is 1.84 bits per heavy atom. The van der Waals surface area contributed by atoms with Crippen LogP contribution in [0.5, 0.6) is 0 Å². The number of carbonyl (C=O) groups excluding carboxylic acids is 2. The van der Waals surface area contributed by atoms with Gasteiger partial charge in [-0.2, -0.15) is 0 Å². The minimum atomic E-state index is -1.80. The van der Waals surface area contributed by atoms with Crippen molar-refractivity contribution in [3.8, 4) is 0 Å². The molecular weight excluding hydrogens is 382 g/mol. The Balaban J connectivity index is 1.90. The third-order valence-electron chi connectivity index (χ3n) is 5.21. The smallest absolute Gasteiger partial charge is 0.268 e. The van der Waals surface area contributed by atoms with Gasteiger partial charge in [-0.25, -0.2) is 0 Å². The van der Waals surface area contributed by atoms with Crippen molar-refractivity contribution in [2.75, 3.05) is 4.90 Å². The summed E-state index contributed by atoms with van der Waals surface area (Å²) in [6, 6.07) is 14.7. The van der Waals surface area contributed by atoms with Crippen molar-refractivity contribution in [2.45, 2.75) is 31.3 Å². The number of anilines is 2. The van der Waals surface area contributed by atoms with Gasteiger partial charge >= 0.3 is 0 Å². The lowest BCUT2D eigenvalue weighted by Crippen LogP contribution is -2.48. The molecule has 0 spiro atoms. The molecular formula is C20H18BrNO3. The summed E-state index contributed by atoms with van der Waals surface area (Å²) >= 11 is 3.43. The van der Waals surface area contributed by atoms with Gasteiger partial charge in [-0.15, -0.1) is 0 Å². The van der Waals surface area contributed by atoms with Gasteiger partial charge in [0.25, 0.3) is 5.91 Å². The Bertz CT molecular complexity index is 851. The molecule has 128 valence electrons. The van der Waals surface area contributed by atoms with Gasteiger partial charge in [-0.1, -0.05) is 40.5 Å². The van der Waals surface area contributed by atoms with E-state index >= 15 is 0 Å². The number of aliphatic hydroxyl groups is 1. The molecule has 2 aromatic rings. The van der Waals surface area contributed by atoms with Crippen LogP contribution in [0.3, 0.4) is 0 Å². The van der Waals surface area contributed by atoms with Gasteiger partial charge in [0, 0.05) is 22.1 Å². The van der Waals surface area contributed by atoms with E-state index < -0.39 is 17.4 Å². The van der Waals surface area contributed by atoms with E-state index in [1.165, 1.54) is 4.90 Å². The summed E-state index contributed by atoms with van der Waals surface area (Å²) < 4.78 is 0.774. The Morgan fingerprint density at radius 3 is 2.56 bits per heavy atom. The number of halogens is 1. The molecule has 0 unspecified atom stereocenters. The van der Waals surface area contributed by atoms with Crippen LogP contribution in [0.4, 0.5) is 11.4 Å². The molecule has 2 aliphatic rings. The van der Waals surface area contributed by atoms with Crippen LogP contribution in [0.15, 0.2) is 53.0 Å². The SMILES string of the molecule is O=C1CCCC[C@H]1[C@]1(O)C(=O)N(c2ccccc2)c2ccc(Br)cc21. The van der Waals surface area contributed by atoms with E-state index in [0.717, 1.165) is 17.3 Å². The van der Waals surface area contributed by atoms with Gasteiger partial charge in [0.05, 0.1) is 11.6 Å². The fraction of sp³-hybridized carbons (Fsp3) is 0.300. The monoisotopic (exact) mass is 399 g/mol. The molecule has 1 saturated carbocycles. The zero-order valence-electron chi connectivity index (χ0n) is 13.6. The van der Waals surface area contributed by atoms with E-state index in [1.54, 1.807) is 6.07 Å². The van der Waals surface area contributed by atoms with Crippen LogP contribution < -0.4 is 4.90 Å². The quantitative estimate of drug-likeness (QED) is 0.827.